The molecular formula is C19H18Cl2N2O. The molecule has 0 aliphatic rings. The molecule has 3 nitrogen and oxygen atoms in total. The fourth-order valence-corrected chi connectivity index (χ4v) is 3.68. The van der Waals surface area contributed by atoms with Crippen molar-refractivity contribution in [2.75, 3.05) is 0 Å². The van der Waals surface area contributed by atoms with Crippen LogP contribution < -0.4 is 0 Å². The van der Waals surface area contributed by atoms with Crippen molar-refractivity contribution in [1.29, 1.82) is 0 Å². The summed E-state index contributed by atoms with van der Waals surface area (Å²) in [5.74, 6) is 0.212. The number of Topliss-reactive ketones (excluding diaryl/α,β-unsaturated/α-hetero) is 1. The van der Waals surface area contributed by atoms with E-state index in [1.807, 2.05) is 35.7 Å². The highest BCUT2D eigenvalue weighted by atomic mass is 35.5. The molecule has 0 atom stereocenters. The van der Waals surface area contributed by atoms with Crippen LogP contribution in [0.15, 0.2) is 30.3 Å². The third kappa shape index (κ3) is 2.83. The molecule has 2 aromatic heterocycles. The standard InChI is InChI=1S/C19H18Cl2N2O/c1-10(2)19-16(12(4)24)5-6-17-18(11(3)22-23(17)19)13-7-14(20)9-15(21)8-13/h5-10H,1-4H3. The molecule has 2 heterocycles. The molecule has 5 heteroatoms. The lowest BCUT2D eigenvalue weighted by Gasteiger charge is -2.13. The van der Waals surface area contributed by atoms with Crippen molar-refractivity contribution >= 4 is 34.5 Å². The fraction of sp³-hybridized carbons (Fsp3) is 0.263. The van der Waals surface area contributed by atoms with E-state index in [1.54, 1.807) is 13.0 Å². The highest BCUT2D eigenvalue weighted by molar-refractivity contribution is 6.35. The second-order valence-corrected chi connectivity index (χ2v) is 7.13. The monoisotopic (exact) mass is 360 g/mol. The maximum absolute atomic E-state index is 12.0. The molecule has 0 saturated carbocycles. The summed E-state index contributed by atoms with van der Waals surface area (Å²) in [4.78, 5) is 12.0. The topological polar surface area (TPSA) is 34.4 Å². The van der Waals surface area contributed by atoms with Gasteiger partial charge in [0.2, 0.25) is 0 Å². The molecule has 0 aliphatic carbocycles. The van der Waals surface area contributed by atoms with Gasteiger partial charge in [0, 0.05) is 21.2 Å². The van der Waals surface area contributed by atoms with Gasteiger partial charge in [-0.25, -0.2) is 4.52 Å². The van der Waals surface area contributed by atoms with Gasteiger partial charge in [-0.05, 0) is 55.7 Å². The molecule has 0 unspecified atom stereocenters. The summed E-state index contributed by atoms with van der Waals surface area (Å²) in [6, 6.07) is 9.29. The number of pyridine rings is 1. The smallest absolute Gasteiger partial charge is 0.161 e. The molecule has 0 spiro atoms. The van der Waals surface area contributed by atoms with Gasteiger partial charge in [-0.2, -0.15) is 5.10 Å². The van der Waals surface area contributed by atoms with Crippen LogP contribution in [-0.2, 0) is 0 Å². The minimum Gasteiger partial charge on any atom is -0.294 e. The Morgan fingerprint density at radius 2 is 1.75 bits per heavy atom. The zero-order valence-corrected chi connectivity index (χ0v) is 15.5. The first-order valence-electron chi connectivity index (χ1n) is 7.79. The number of aromatic nitrogens is 2. The lowest BCUT2D eigenvalue weighted by atomic mass is 9.99. The number of benzene rings is 1. The molecular weight excluding hydrogens is 343 g/mol. The van der Waals surface area contributed by atoms with E-state index < -0.39 is 0 Å². The number of aryl methyl sites for hydroxylation is 1. The number of fused-ring (bicyclic) bond motifs is 1. The normalized spacial score (nSPS) is 11.5. The first-order valence-corrected chi connectivity index (χ1v) is 8.54. The number of carbonyl (C=O) groups excluding carboxylic acids is 1. The van der Waals surface area contributed by atoms with Gasteiger partial charge in [0.25, 0.3) is 0 Å². The van der Waals surface area contributed by atoms with E-state index in [9.17, 15) is 4.79 Å². The Morgan fingerprint density at radius 1 is 1.12 bits per heavy atom. The van der Waals surface area contributed by atoms with Crippen molar-refractivity contribution in [3.63, 3.8) is 0 Å². The Kier molecular flexibility index (Phi) is 4.41. The molecule has 0 fully saturated rings. The van der Waals surface area contributed by atoms with Gasteiger partial charge >= 0.3 is 0 Å². The first kappa shape index (κ1) is 17.0. The highest BCUT2D eigenvalue weighted by Gasteiger charge is 2.20. The molecule has 0 radical (unpaired) electrons. The number of halogens is 2. The lowest BCUT2D eigenvalue weighted by Crippen LogP contribution is -2.09. The summed E-state index contributed by atoms with van der Waals surface area (Å²) in [5.41, 5.74) is 5.34. The zero-order valence-electron chi connectivity index (χ0n) is 14.0. The lowest BCUT2D eigenvalue weighted by molar-refractivity contribution is 0.101. The molecule has 0 saturated heterocycles. The maximum atomic E-state index is 12.0. The third-order valence-corrected chi connectivity index (χ3v) is 4.52. The molecule has 0 aliphatic heterocycles. The number of hydrogen-bond acceptors (Lipinski definition) is 2. The molecule has 3 aromatic rings. The summed E-state index contributed by atoms with van der Waals surface area (Å²) < 4.78 is 1.88. The number of ketones is 1. The van der Waals surface area contributed by atoms with E-state index in [0.717, 1.165) is 28.0 Å². The predicted molar refractivity (Wildman–Crippen MR) is 99.5 cm³/mol. The van der Waals surface area contributed by atoms with Crippen molar-refractivity contribution in [1.82, 2.24) is 9.61 Å². The Morgan fingerprint density at radius 3 is 2.29 bits per heavy atom. The minimum absolute atomic E-state index is 0.0427. The second kappa shape index (κ2) is 6.23. The van der Waals surface area contributed by atoms with Crippen LogP contribution in [0.2, 0.25) is 10.0 Å². The third-order valence-electron chi connectivity index (χ3n) is 4.09. The van der Waals surface area contributed by atoms with Crippen molar-refractivity contribution < 1.29 is 4.79 Å². The maximum Gasteiger partial charge on any atom is 0.161 e. The van der Waals surface area contributed by atoms with Gasteiger partial charge in [-0.1, -0.05) is 37.0 Å². The Hall–Kier alpha value is -1.84. The largest absolute Gasteiger partial charge is 0.294 e. The number of carbonyl (C=O) groups is 1. The SMILES string of the molecule is CC(=O)c1ccc2c(-c3cc(Cl)cc(Cl)c3)c(C)nn2c1C(C)C. The van der Waals surface area contributed by atoms with Crippen molar-refractivity contribution in [2.45, 2.75) is 33.6 Å². The Labute approximate surface area is 151 Å². The van der Waals surface area contributed by atoms with Crippen LogP contribution in [0.3, 0.4) is 0 Å². The summed E-state index contributed by atoms with van der Waals surface area (Å²) >= 11 is 12.3. The van der Waals surface area contributed by atoms with Gasteiger partial charge in [-0.15, -0.1) is 0 Å². The van der Waals surface area contributed by atoms with E-state index in [-0.39, 0.29) is 11.7 Å². The number of hydrogen-bond donors (Lipinski definition) is 0. The molecule has 0 bridgehead atoms. The predicted octanol–water partition coefficient (Wildman–Crippen LogP) is 5.94. The van der Waals surface area contributed by atoms with Crippen LogP contribution in [0.1, 0.15) is 48.4 Å². The van der Waals surface area contributed by atoms with Gasteiger partial charge < -0.3 is 0 Å². The van der Waals surface area contributed by atoms with Gasteiger partial charge in [0.05, 0.1) is 16.9 Å². The molecule has 3 rings (SSSR count). The minimum atomic E-state index is 0.0427. The molecule has 1 aromatic carbocycles. The van der Waals surface area contributed by atoms with E-state index >= 15 is 0 Å². The van der Waals surface area contributed by atoms with Crippen molar-refractivity contribution in [3.05, 3.63) is 57.3 Å². The number of nitrogens with zero attached hydrogens (tertiary/aromatic N) is 2. The Bertz CT molecular complexity index is 937. The van der Waals surface area contributed by atoms with Crippen LogP contribution in [-0.4, -0.2) is 15.4 Å². The average Bonchev–Trinajstić information content (AvgIpc) is 2.80. The molecule has 124 valence electrons. The molecule has 0 amide bonds. The van der Waals surface area contributed by atoms with Crippen LogP contribution in [0, 0.1) is 6.92 Å². The fourth-order valence-electron chi connectivity index (χ4n) is 3.15. The first-order chi connectivity index (χ1) is 11.3. The highest BCUT2D eigenvalue weighted by Crippen LogP contribution is 2.34. The van der Waals surface area contributed by atoms with E-state index in [4.69, 9.17) is 28.3 Å². The van der Waals surface area contributed by atoms with Crippen molar-refractivity contribution in [2.24, 2.45) is 0 Å². The molecule has 24 heavy (non-hydrogen) atoms. The van der Waals surface area contributed by atoms with E-state index in [1.165, 1.54) is 0 Å². The van der Waals surface area contributed by atoms with Crippen LogP contribution in [0.25, 0.3) is 16.6 Å². The van der Waals surface area contributed by atoms with Crippen LogP contribution in [0.4, 0.5) is 0 Å². The van der Waals surface area contributed by atoms with Gasteiger partial charge in [0.15, 0.2) is 5.78 Å². The summed E-state index contributed by atoms with van der Waals surface area (Å²) in [6.07, 6.45) is 0. The van der Waals surface area contributed by atoms with Crippen LogP contribution >= 0.6 is 23.2 Å². The second-order valence-electron chi connectivity index (χ2n) is 6.26. The Balaban J connectivity index is 2.38. The van der Waals surface area contributed by atoms with Gasteiger partial charge in [-0.3, -0.25) is 4.79 Å². The average molecular weight is 361 g/mol. The summed E-state index contributed by atoms with van der Waals surface area (Å²) in [5, 5.41) is 5.86. The summed E-state index contributed by atoms with van der Waals surface area (Å²) in [7, 11) is 0. The van der Waals surface area contributed by atoms with Crippen molar-refractivity contribution in [3.8, 4) is 11.1 Å². The number of rotatable bonds is 3. The summed E-state index contributed by atoms with van der Waals surface area (Å²) in [6.45, 7) is 7.66. The van der Waals surface area contributed by atoms with E-state index in [2.05, 4.69) is 13.8 Å². The van der Waals surface area contributed by atoms with Crippen LogP contribution in [0.5, 0.6) is 0 Å². The molecule has 0 N–H and O–H groups in total. The quantitative estimate of drug-likeness (QED) is 0.541. The van der Waals surface area contributed by atoms with Gasteiger partial charge in [0.1, 0.15) is 0 Å². The zero-order chi connectivity index (χ0) is 17.6. The van der Waals surface area contributed by atoms with E-state index in [0.29, 0.717) is 15.6 Å².